The van der Waals surface area contributed by atoms with E-state index in [1.165, 1.54) is 4.90 Å². The van der Waals surface area contributed by atoms with Crippen molar-refractivity contribution >= 4 is 44.9 Å². The van der Waals surface area contributed by atoms with Crippen molar-refractivity contribution in [1.82, 2.24) is 25.2 Å². The minimum Gasteiger partial charge on any atom is -0.445 e. The van der Waals surface area contributed by atoms with Crippen molar-refractivity contribution in [3.05, 3.63) is 35.9 Å². The van der Waals surface area contributed by atoms with E-state index >= 15 is 0 Å². The lowest BCUT2D eigenvalue weighted by Crippen LogP contribution is -2.58. The van der Waals surface area contributed by atoms with Crippen LogP contribution in [0.25, 0.3) is 11.1 Å². The number of ether oxygens (including phenoxy) is 2. The van der Waals surface area contributed by atoms with Crippen molar-refractivity contribution in [2.75, 3.05) is 6.54 Å². The molecule has 3 heterocycles. The second-order valence-electron chi connectivity index (χ2n) is 14.6. The molecule has 1 saturated heterocycles. The number of amides is 4. The van der Waals surface area contributed by atoms with Gasteiger partial charge in [-0.25, -0.2) is 13.2 Å². The molecule has 1 aromatic carbocycles. The molecule has 15 heteroatoms. The Morgan fingerprint density at radius 2 is 1.90 bits per heavy atom. The molecule has 5 atom stereocenters. The molecule has 14 nitrogen and oxygen atoms in total. The summed E-state index contributed by atoms with van der Waals surface area (Å²) in [5, 5.41) is 4.94. The Balaban J connectivity index is 1.28. The standard InChI is InChI=1S/C34H45N5O9S/c1-20-12-15-27-25(16-20)36-32(47-27)46-22-17-26-28(40)37-34(30(42)38-49(44,45)23-13-14-23)18-21(34)10-8-6-5-7-9-11-24(29(41)39(26)19-22)35-31(43)48-33(2,3)4/h8,10,12,15-16,21-24,26H,5-7,9,11,13-14,17-19H2,1-4H3,(H,35,43)(H,37,40)(H,38,42)/b10-8-/t21-,22+,24-,26-,34+/m0/s1. The second-order valence-corrected chi connectivity index (χ2v) is 16.6. The third-order valence-corrected chi connectivity index (χ3v) is 11.1. The monoisotopic (exact) mass is 699 g/mol. The van der Waals surface area contributed by atoms with Crippen LogP contribution in [-0.4, -0.2) is 83.2 Å². The fourth-order valence-corrected chi connectivity index (χ4v) is 7.87. The summed E-state index contributed by atoms with van der Waals surface area (Å²) in [4.78, 5) is 60.7. The van der Waals surface area contributed by atoms with E-state index in [0.717, 1.165) is 18.4 Å². The van der Waals surface area contributed by atoms with Gasteiger partial charge in [0.15, 0.2) is 5.58 Å². The van der Waals surface area contributed by atoms with Gasteiger partial charge in [0.1, 0.15) is 34.8 Å². The topological polar surface area (TPSA) is 186 Å². The summed E-state index contributed by atoms with van der Waals surface area (Å²) in [5.41, 5.74) is -0.183. The molecule has 4 amide bonds. The van der Waals surface area contributed by atoms with Crippen LogP contribution in [0, 0.1) is 12.8 Å². The molecule has 266 valence electrons. The van der Waals surface area contributed by atoms with Crippen molar-refractivity contribution in [1.29, 1.82) is 0 Å². The first kappa shape index (κ1) is 34.7. The number of rotatable bonds is 6. The zero-order valence-corrected chi connectivity index (χ0v) is 29.1. The van der Waals surface area contributed by atoms with Crippen molar-refractivity contribution < 1.29 is 41.5 Å². The van der Waals surface area contributed by atoms with Crippen LogP contribution in [0.5, 0.6) is 6.08 Å². The maximum absolute atomic E-state index is 14.3. The quantitative estimate of drug-likeness (QED) is 0.378. The Hall–Kier alpha value is -4.14. The van der Waals surface area contributed by atoms with Crippen molar-refractivity contribution in [3.8, 4) is 6.08 Å². The van der Waals surface area contributed by atoms with E-state index in [1.54, 1.807) is 26.8 Å². The van der Waals surface area contributed by atoms with Crippen LogP contribution < -0.4 is 20.1 Å². The van der Waals surface area contributed by atoms with Gasteiger partial charge in [-0.05, 0) is 83.9 Å². The van der Waals surface area contributed by atoms with Crippen LogP contribution >= 0.6 is 0 Å². The highest BCUT2D eigenvalue weighted by Gasteiger charge is 2.62. The predicted octanol–water partition coefficient (Wildman–Crippen LogP) is 3.38. The lowest BCUT2D eigenvalue weighted by Gasteiger charge is -2.30. The van der Waals surface area contributed by atoms with E-state index < -0.39 is 74.3 Å². The van der Waals surface area contributed by atoms with Gasteiger partial charge >= 0.3 is 12.2 Å². The highest BCUT2D eigenvalue weighted by Crippen LogP contribution is 2.46. The Bertz CT molecular complexity index is 1760. The number of alkyl carbamates (subject to hydrolysis) is 1. The zero-order valence-electron chi connectivity index (χ0n) is 28.3. The normalized spacial score (nSPS) is 28.7. The Labute approximate surface area is 285 Å². The van der Waals surface area contributed by atoms with Gasteiger partial charge in [-0.3, -0.25) is 19.1 Å². The number of aromatic nitrogens is 1. The average molecular weight is 700 g/mol. The molecule has 0 radical (unpaired) electrons. The van der Waals surface area contributed by atoms with Gasteiger partial charge in [-0.2, -0.15) is 4.98 Å². The first-order valence-corrected chi connectivity index (χ1v) is 18.6. The molecule has 0 unspecified atom stereocenters. The molecule has 4 aliphatic rings. The predicted molar refractivity (Wildman–Crippen MR) is 178 cm³/mol. The lowest BCUT2D eigenvalue weighted by molar-refractivity contribution is -0.141. The molecule has 2 aromatic rings. The van der Waals surface area contributed by atoms with Gasteiger partial charge in [0.05, 0.1) is 11.8 Å². The number of carbonyl (C=O) groups excluding carboxylic acids is 4. The first-order valence-electron chi connectivity index (χ1n) is 17.0. The summed E-state index contributed by atoms with van der Waals surface area (Å²) in [6.07, 6.45) is 6.72. The minimum absolute atomic E-state index is 0.0156. The summed E-state index contributed by atoms with van der Waals surface area (Å²) >= 11 is 0. The average Bonchev–Trinajstić information content (AvgIpc) is 3.90. The highest BCUT2D eigenvalue weighted by molar-refractivity contribution is 7.91. The van der Waals surface area contributed by atoms with Crippen LogP contribution in [-0.2, 0) is 29.1 Å². The zero-order chi connectivity index (χ0) is 35.1. The van der Waals surface area contributed by atoms with Crippen molar-refractivity contribution in [2.45, 2.75) is 120 Å². The van der Waals surface area contributed by atoms with Crippen LogP contribution in [0.3, 0.4) is 0 Å². The van der Waals surface area contributed by atoms with E-state index in [-0.39, 0.29) is 25.5 Å². The van der Waals surface area contributed by atoms with Gasteiger partial charge in [0.25, 0.3) is 5.91 Å². The third kappa shape index (κ3) is 8.03. The number of hydrogen-bond donors (Lipinski definition) is 3. The molecule has 2 saturated carbocycles. The Morgan fingerprint density at radius 1 is 1.12 bits per heavy atom. The summed E-state index contributed by atoms with van der Waals surface area (Å²) in [7, 11) is -3.87. The van der Waals surface area contributed by atoms with E-state index in [0.29, 0.717) is 43.2 Å². The number of allylic oxidation sites excluding steroid dienone is 1. The van der Waals surface area contributed by atoms with E-state index in [1.807, 2.05) is 31.2 Å². The lowest BCUT2D eigenvalue weighted by atomic mass is 10.0. The molecule has 6 rings (SSSR count). The highest BCUT2D eigenvalue weighted by atomic mass is 32.2. The Morgan fingerprint density at radius 3 is 2.63 bits per heavy atom. The largest absolute Gasteiger partial charge is 0.445 e. The number of fused-ring (bicyclic) bond motifs is 3. The smallest absolute Gasteiger partial charge is 0.408 e. The van der Waals surface area contributed by atoms with Gasteiger partial charge in [0, 0.05) is 12.3 Å². The van der Waals surface area contributed by atoms with Gasteiger partial charge in [0.2, 0.25) is 21.8 Å². The van der Waals surface area contributed by atoms with Crippen LogP contribution in [0.15, 0.2) is 34.8 Å². The fourth-order valence-electron chi connectivity index (χ4n) is 6.51. The molecule has 2 aliphatic heterocycles. The molecular weight excluding hydrogens is 654 g/mol. The maximum Gasteiger partial charge on any atom is 0.408 e. The van der Waals surface area contributed by atoms with Crippen molar-refractivity contribution in [2.24, 2.45) is 5.92 Å². The number of nitrogens with zero attached hydrogens (tertiary/aromatic N) is 2. The molecule has 0 bridgehead atoms. The number of oxazole rings is 1. The SMILES string of the molecule is Cc1ccc2oc(O[C@@H]3C[C@H]4C(=O)N[C@]5(C(=O)NS(=O)(=O)C6CC6)C[C@@H]5/C=C\CCCCC[C@H](NC(=O)OC(C)(C)C)C(=O)N4C3)nc2c1. The fraction of sp³-hybridized carbons (Fsp3) is 0.618. The number of benzene rings is 1. The molecule has 0 spiro atoms. The number of carbonyl (C=O) groups is 4. The summed E-state index contributed by atoms with van der Waals surface area (Å²) in [6, 6.07) is 3.41. The molecule has 3 fully saturated rings. The van der Waals surface area contributed by atoms with Crippen molar-refractivity contribution in [3.63, 3.8) is 0 Å². The van der Waals surface area contributed by atoms with Gasteiger partial charge in [-0.15, -0.1) is 0 Å². The number of hydrogen-bond acceptors (Lipinski definition) is 10. The molecule has 1 aromatic heterocycles. The molecule has 49 heavy (non-hydrogen) atoms. The molecule has 3 N–H and O–H groups in total. The van der Waals surface area contributed by atoms with Gasteiger partial charge in [-0.1, -0.05) is 31.1 Å². The molecule has 2 aliphatic carbocycles. The third-order valence-electron chi connectivity index (χ3n) is 9.32. The number of aryl methyl sites for hydroxylation is 1. The number of nitrogens with one attached hydrogen (secondary N) is 3. The van der Waals surface area contributed by atoms with E-state index in [9.17, 15) is 27.6 Å². The summed E-state index contributed by atoms with van der Waals surface area (Å²) in [5.74, 6) is -2.34. The van der Waals surface area contributed by atoms with Crippen LogP contribution in [0.4, 0.5) is 4.79 Å². The second kappa shape index (κ2) is 13.3. The van der Waals surface area contributed by atoms with E-state index in [4.69, 9.17) is 13.9 Å². The summed E-state index contributed by atoms with van der Waals surface area (Å²) in [6.45, 7) is 7.07. The Kier molecular flexibility index (Phi) is 9.42. The van der Waals surface area contributed by atoms with Crippen LogP contribution in [0.2, 0.25) is 0 Å². The minimum atomic E-state index is -3.87. The molecular formula is C34H45N5O9S. The van der Waals surface area contributed by atoms with Gasteiger partial charge < -0.3 is 29.4 Å². The maximum atomic E-state index is 14.3. The number of sulfonamides is 1. The van der Waals surface area contributed by atoms with Crippen LogP contribution in [0.1, 0.15) is 84.1 Å². The van der Waals surface area contributed by atoms with E-state index in [2.05, 4.69) is 20.3 Å². The summed E-state index contributed by atoms with van der Waals surface area (Å²) < 4.78 is 45.0. The first-order chi connectivity index (χ1) is 23.1.